The summed E-state index contributed by atoms with van der Waals surface area (Å²) in [5, 5.41) is 0. The lowest BCUT2D eigenvalue weighted by Gasteiger charge is -2.17. The van der Waals surface area contributed by atoms with Gasteiger partial charge in [-0.05, 0) is 50.0 Å². The molecule has 1 unspecified atom stereocenters. The van der Waals surface area contributed by atoms with E-state index in [1.54, 1.807) is 4.90 Å². The van der Waals surface area contributed by atoms with Crippen molar-refractivity contribution in [2.45, 2.75) is 25.7 Å². The van der Waals surface area contributed by atoms with Gasteiger partial charge in [-0.2, -0.15) is 0 Å². The Morgan fingerprint density at radius 1 is 1.18 bits per heavy atom. The molecule has 0 bridgehead atoms. The predicted octanol–water partition coefficient (Wildman–Crippen LogP) is 1.16. The normalized spacial score (nSPS) is 22.5. The lowest BCUT2D eigenvalue weighted by Crippen LogP contribution is -2.28. The van der Waals surface area contributed by atoms with Gasteiger partial charge in [0.2, 0.25) is 11.8 Å². The van der Waals surface area contributed by atoms with Crippen LogP contribution >= 0.6 is 0 Å². The average molecular weight is 301 g/mol. The Morgan fingerprint density at radius 2 is 1.86 bits per heavy atom. The standard InChI is InChI=1S/C17H23N3O2/c18-17(22)14-11-16(21)20(12-14)15-5-3-13(4-6-15)7-10-19-8-1-2-9-19/h3-6,14H,1-2,7-12H2,(H2,18,22). The molecule has 5 nitrogen and oxygen atoms in total. The molecule has 1 aromatic carbocycles. The molecule has 2 aliphatic heterocycles. The van der Waals surface area contributed by atoms with E-state index < -0.39 is 5.91 Å². The van der Waals surface area contributed by atoms with E-state index in [4.69, 9.17) is 5.73 Å². The van der Waals surface area contributed by atoms with Crippen LogP contribution < -0.4 is 10.6 Å². The highest BCUT2D eigenvalue weighted by Gasteiger charge is 2.33. The lowest BCUT2D eigenvalue weighted by atomic mass is 10.1. The largest absolute Gasteiger partial charge is 0.369 e. The number of rotatable bonds is 5. The Labute approximate surface area is 131 Å². The second-order valence-corrected chi connectivity index (χ2v) is 6.27. The Morgan fingerprint density at radius 3 is 2.45 bits per heavy atom. The number of amides is 2. The summed E-state index contributed by atoms with van der Waals surface area (Å²) in [4.78, 5) is 27.4. The van der Waals surface area contributed by atoms with Crippen molar-refractivity contribution in [3.05, 3.63) is 29.8 Å². The van der Waals surface area contributed by atoms with Crippen molar-refractivity contribution in [1.82, 2.24) is 4.90 Å². The van der Waals surface area contributed by atoms with Crippen LogP contribution in [-0.4, -0.2) is 42.9 Å². The zero-order valence-corrected chi connectivity index (χ0v) is 12.8. The monoisotopic (exact) mass is 301 g/mol. The van der Waals surface area contributed by atoms with Crippen molar-refractivity contribution in [3.63, 3.8) is 0 Å². The van der Waals surface area contributed by atoms with Crippen molar-refractivity contribution < 1.29 is 9.59 Å². The molecule has 1 atom stereocenters. The van der Waals surface area contributed by atoms with E-state index in [1.807, 2.05) is 12.1 Å². The fraction of sp³-hybridized carbons (Fsp3) is 0.529. The molecule has 0 saturated carbocycles. The van der Waals surface area contributed by atoms with Gasteiger partial charge >= 0.3 is 0 Å². The molecule has 2 aliphatic rings. The van der Waals surface area contributed by atoms with Crippen molar-refractivity contribution >= 4 is 17.5 Å². The fourth-order valence-corrected chi connectivity index (χ4v) is 3.28. The smallest absolute Gasteiger partial charge is 0.227 e. The molecule has 2 heterocycles. The molecule has 0 aromatic heterocycles. The number of likely N-dealkylation sites (tertiary alicyclic amines) is 1. The molecular weight excluding hydrogens is 278 g/mol. The molecule has 3 rings (SSSR count). The molecular formula is C17H23N3O2. The zero-order valence-electron chi connectivity index (χ0n) is 12.8. The van der Waals surface area contributed by atoms with Crippen LogP contribution in [0.4, 0.5) is 5.69 Å². The van der Waals surface area contributed by atoms with Gasteiger partial charge in [-0.25, -0.2) is 0 Å². The fourth-order valence-electron chi connectivity index (χ4n) is 3.28. The predicted molar refractivity (Wildman–Crippen MR) is 85.5 cm³/mol. The Balaban J connectivity index is 1.59. The summed E-state index contributed by atoms with van der Waals surface area (Å²) in [5.41, 5.74) is 7.45. The number of hydrogen-bond acceptors (Lipinski definition) is 3. The molecule has 2 N–H and O–H groups in total. The molecule has 0 spiro atoms. The maximum absolute atomic E-state index is 12.0. The van der Waals surface area contributed by atoms with E-state index in [-0.39, 0.29) is 18.2 Å². The van der Waals surface area contributed by atoms with E-state index in [9.17, 15) is 9.59 Å². The Bertz CT molecular complexity index is 550. The maximum atomic E-state index is 12.0. The van der Waals surface area contributed by atoms with Gasteiger partial charge in [-0.15, -0.1) is 0 Å². The highest BCUT2D eigenvalue weighted by atomic mass is 16.2. The SMILES string of the molecule is NC(=O)C1CC(=O)N(c2ccc(CCN3CCCC3)cc2)C1. The highest BCUT2D eigenvalue weighted by molar-refractivity contribution is 6.00. The van der Waals surface area contributed by atoms with Crippen molar-refractivity contribution in [3.8, 4) is 0 Å². The van der Waals surface area contributed by atoms with Gasteiger partial charge in [0.1, 0.15) is 0 Å². The van der Waals surface area contributed by atoms with Gasteiger partial charge in [-0.1, -0.05) is 12.1 Å². The highest BCUT2D eigenvalue weighted by Crippen LogP contribution is 2.25. The van der Waals surface area contributed by atoms with Gasteiger partial charge in [-0.3, -0.25) is 9.59 Å². The van der Waals surface area contributed by atoms with E-state index in [0.717, 1.165) is 18.7 Å². The molecule has 2 saturated heterocycles. The van der Waals surface area contributed by atoms with Crippen LogP contribution in [0.25, 0.3) is 0 Å². The van der Waals surface area contributed by atoms with E-state index in [0.29, 0.717) is 6.54 Å². The van der Waals surface area contributed by atoms with E-state index >= 15 is 0 Å². The van der Waals surface area contributed by atoms with Crippen LogP contribution in [0, 0.1) is 5.92 Å². The topological polar surface area (TPSA) is 66.6 Å². The Hall–Kier alpha value is -1.88. The summed E-state index contributed by atoms with van der Waals surface area (Å²) in [7, 11) is 0. The van der Waals surface area contributed by atoms with Crippen LogP contribution in [0.2, 0.25) is 0 Å². The molecule has 1 aromatic rings. The number of carbonyl (C=O) groups excluding carboxylic acids is 2. The first-order valence-electron chi connectivity index (χ1n) is 8.04. The third kappa shape index (κ3) is 3.30. The molecule has 2 amide bonds. The third-order valence-corrected chi connectivity index (χ3v) is 4.69. The average Bonchev–Trinajstić information content (AvgIpc) is 3.15. The van der Waals surface area contributed by atoms with Gasteiger partial charge < -0.3 is 15.5 Å². The second kappa shape index (κ2) is 6.48. The second-order valence-electron chi connectivity index (χ2n) is 6.27. The molecule has 118 valence electrons. The van der Waals surface area contributed by atoms with Crippen LogP contribution in [-0.2, 0) is 16.0 Å². The van der Waals surface area contributed by atoms with Crippen LogP contribution in [0.3, 0.4) is 0 Å². The zero-order chi connectivity index (χ0) is 15.5. The van der Waals surface area contributed by atoms with E-state index in [1.165, 1.54) is 31.5 Å². The summed E-state index contributed by atoms with van der Waals surface area (Å²) >= 11 is 0. The van der Waals surface area contributed by atoms with Crippen molar-refractivity contribution in [1.29, 1.82) is 0 Å². The number of carbonyl (C=O) groups is 2. The van der Waals surface area contributed by atoms with Gasteiger partial charge in [0.05, 0.1) is 5.92 Å². The first-order chi connectivity index (χ1) is 10.6. The van der Waals surface area contributed by atoms with Crippen LogP contribution in [0.15, 0.2) is 24.3 Å². The maximum Gasteiger partial charge on any atom is 0.227 e. The first-order valence-corrected chi connectivity index (χ1v) is 8.04. The van der Waals surface area contributed by atoms with Crippen LogP contribution in [0.1, 0.15) is 24.8 Å². The minimum Gasteiger partial charge on any atom is -0.369 e. The minimum atomic E-state index is -0.391. The number of primary amides is 1. The van der Waals surface area contributed by atoms with Gasteiger partial charge in [0.25, 0.3) is 0 Å². The number of nitrogens with two attached hydrogens (primary N) is 1. The Kier molecular flexibility index (Phi) is 4.43. The van der Waals surface area contributed by atoms with Crippen LogP contribution in [0.5, 0.6) is 0 Å². The molecule has 22 heavy (non-hydrogen) atoms. The van der Waals surface area contributed by atoms with Crippen molar-refractivity contribution in [2.24, 2.45) is 11.7 Å². The third-order valence-electron chi connectivity index (χ3n) is 4.69. The number of benzene rings is 1. The first kappa shape index (κ1) is 15.0. The van der Waals surface area contributed by atoms with Gasteiger partial charge in [0, 0.05) is 25.2 Å². The summed E-state index contributed by atoms with van der Waals surface area (Å²) < 4.78 is 0. The van der Waals surface area contributed by atoms with E-state index in [2.05, 4.69) is 17.0 Å². The minimum absolute atomic E-state index is 0.0198. The summed E-state index contributed by atoms with van der Waals surface area (Å²) in [6.45, 7) is 3.94. The molecule has 0 radical (unpaired) electrons. The van der Waals surface area contributed by atoms with Gasteiger partial charge in [0.15, 0.2) is 0 Å². The van der Waals surface area contributed by atoms with Crippen molar-refractivity contribution in [2.75, 3.05) is 31.1 Å². The number of hydrogen-bond donors (Lipinski definition) is 1. The molecule has 0 aliphatic carbocycles. The summed E-state index contributed by atoms with van der Waals surface area (Å²) in [6.07, 6.45) is 3.90. The quantitative estimate of drug-likeness (QED) is 0.887. The number of anilines is 1. The number of nitrogens with zero attached hydrogens (tertiary/aromatic N) is 2. The lowest BCUT2D eigenvalue weighted by molar-refractivity contribution is -0.123. The molecule has 2 fully saturated rings. The summed E-state index contributed by atoms with van der Waals surface area (Å²) in [6, 6.07) is 8.10. The molecule has 5 heteroatoms. The summed E-state index contributed by atoms with van der Waals surface area (Å²) in [5.74, 6) is -0.769.